The summed E-state index contributed by atoms with van der Waals surface area (Å²) in [7, 11) is -8.52. The third-order valence-corrected chi connectivity index (χ3v) is 8.39. The number of aromatic nitrogens is 1. The number of aliphatic carboxylic acids is 1. The Bertz CT molecular complexity index is 1850. The van der Waals surface area contributed by atoms with Crippen molar-refractivity contribution in [3.8, 4) is 11.5 Å². The molecule has 1 heterocycles. The molecule has 0 amide bonds. The van der Waals surface area contributed by atoms with Gasteiger partial charge in [0.05, 0.1) is 16.0 Å². The fourth-order valence-corrected chi connectivity index (χ4v) is 5.78. The second-order valence-corrected chi connectivity index (χ2v) is 13.0. The van der Waals surface area contributed by atoms with Gasteiger partial charge in [0.25, 0.3) is 20.2 Å². The molecule has 3 N–H and O–H groups in total. The highest BCUT2D eigenvalue weighted by molar-refractivity contribution is 7.86. The number of carboxylic acids is 1. The van der Waals surface area contributed by atoms with Crippen molar-refractivity contribution in [2.45, 2.75) is 50.3 Å². The number of carboxylic acid groups (broad SMARTS) is 1. The smallest absolute Gasteiger partial charge is 0.303 e. The van der Waals surface area contributed by atoms with Crippen LogP contribution in [0.4, 0.5) is 5.69 Å². The third kappa shape index (κ3) is 8.03. The second kappa shape index (κ2) is 13.2. The van der Waals surface area contributed by atoms with E-state index in [0.717, 1.165) is 12.1 Å². The highest BCUT2D eigenvalue weighted by atomic mass is 32.2. The first kappa shape index (κ1) is 31.3. The van der Waals surface area contributed by atoms with E-state index in [9.17, 15) is 26.2 Å². The molecule has 0 fully saturated rings. The molecule has 0 saturated heterocycles. The van der Waals surface area contributed by atoms with Gasteiger partial charge in [-0.1, -0.05) is 19.4 Å². The van der Waals surface area contributed by atoms with E-state index >= 15 is 0 Å². The van der Waals surface area contributed by atoms with Gasteiger partial charge in [-0.05, 0) is 49.9 Å². The maximum absolute atomic E-state index is 11.9. The lowest BCUT2D eigenvalue weighted by Crippen LogP contribution is -2.26. The lowest BCUT2D eigenvalue weighted by molar-refractivity contribution is -0.137. The summed E-state index contributed by atoms with van der Waals surface area (Å²) < 4.78 is 71.1. The third-order valence-electron chi connectivity index (χ3n) is 6.74. The number of rotatable bonds is 14. The molecule has 0 spiro atoms. The standard InChI is InChI=1S/C28H33N3O9S2/c1-2-13-31(14-6-15-41(34,35)36)19-8-11-23-25(16-19)40-26-18-24(29-12-5-3-4-7-27(32)33)22-17-20(42(37,38)39)9-10-21(22)28(26)30-23/h8-11,16-18H,2-7,12-15H2,1H3,(H,32,33)(H,34,35,36)(H,37,38,39)/b29-24-. The van der Waals surface area contributed by atoms with Crippen LogP contribution in [0.15, 0.2) is 56.8 Å². The summed E-state index contributed by atoms with van der Waals surface area (Å²) in [5.74, 6) is -0.786. The molecule has 1 aliphatic heterocycles. The first-order valence-electron chi connectivity index (χ1n) is 13.6. The Morgan fingerprint density at radius 2 is 1.74 bits per heavy atom. The van der Waals surface area contributed by atoms with Crippen LogP contribution in [-0.4, -0.2) is 67.4 Å². The van der Waals surface area contributed by atoms with Crippen LogP contribution in [-0.2, 0) is 25.0 Å². The van der Waals surface area contributed by atoms with E-state index < -0.39 is 26.2 Å². The molecule has 4 rings (SSSR count). The summed E-state index contributed by atoms with van der Waals surface area (Å²) in [5, 5.41) is 10.3. The van der Waals surface area contributed by atoms with Gasteiger partial charge in [-0.3, -0.25) is 18.9 Å². The monoisotopic (exact) mass is 619 g/mol. The van der Waals surface area contributed by atoms with Gasteiger partial charge in [0, 0.05) is 54.6 Å². The van der Waals surface area contributed by atoms with Gasteiger partial charge >= 0.3 is 5.97 Å². The minimum absolute atomic E-state index is 0.0758. The summed E-state index contributed by atoms with van der Waals surface area (Å²) in [5.41, 5.74) is 2.30. The molecular weight excluding hydrogens is 586 g/mol. The number of unbranched alkanes of at least 4 members (excludes halogenated alkanes) is 2. The van der Waals surface area contributed by atoms with Gasteiger partial charge in [0.15, 0.2) is 11.3 Å². The molecule has 0 radical (unpaired) electrons. The first-order valence-corrected chi connectivity index (χ1v) is 16.6. The Hall–Kier alpha value is -3.59. The number of benzene rings is 3. The van der Waals surface area contributed by atoms with Crippen LogP contribution < -0.4 is 10.3 Å². The molecule has 42 heavy (non-hydrogen) atoms. The predicted octanol–water partition coefficient (Wildman–Crippen LogP) is 4.37. The molecule has 0 aromatic heterocycles. The topological polar surface area (TPSA) is 188 Å². The SMILES string of the molecule is CCCN(CCCS(=O)(=O)O)c1ccc2nc3c4ccc(S(=O)(=O)O)cc4/c(=N\CCCCCC(=O)O)cc-3oc2c1. The average molecular weight is 620 g/mol. The van der Waals surface area contributed by atoms with E-state index in [1.54, 1.807) is 18.2 Å². The molecule has 1 aliphatic carbocycles. The van der Waals surface area contributed by atoms with Gasteiger partial charge in [0.1, 0.15) is 11.2 Å². The molecule has 0 bridgehead atoms. The number of anilines is 1. The summed E-state index contributed by atoms with van der Waals surface area (Å²) in [4.78, 5) is 21.9. The summed E-state index contributed by atoms with van der Waals surface area (Å²) in [6.45, 7) is 3.45. The Balaban J connectivity index is 1.78. The van der Waals surface area contributed by atoms with Gasteiger partial charge in [-0.15, -0.1) is 0 Å². The molecule has 14 heteroatoms. The Labute approximate surface area is 243 Å². The van der Waals surface area contributed by atoms with Crippen molar-refractivity contribution in [2.75, 3.05) is 30.3 Å². The van der Waals surface area contributed by atoms with E-state index in [4.69, 9.17) is 19.1 Å². The molecule has 12 nitrogen and oxygen atoms in total. The number of hydrogen-bond acceptors (Lipinski definition) is 9. The maximum Gasteiger partial charge on any atom is 0.303 e. The van der Waals surface area contributed by atoms with Crippen LogP contribution in [0.25, 0.3) is 33.3 Å². The van der Waals surface area contributed by atoms with E-state index in [-0.39, 0.29) is 23.5 Å². The summed E-state index contributed by atoms with van der Waals surface area (Å²) in [6.07, 6.45) is 2.96. The van der Waals surface area contributed by atoms with Gasteiger partial charge in [-0.2, -0.15) is 16.8 Å². The number of carbonyl (C=O) groups is 1. The minimum Gasteiger partial charge on any atom is -0.481 e. The van der Waals surface area contributed by atoms with Crippen molar-refractivity contribution in [1.29, 1.82) is 0 Å². The Kier molecular flexibility index (Phi) is 9.82. The molecule has 0 saturated carbocycles. The van der Waals surface area contributed by atoms with Crippen molar-refractivity contribution >= 4 is 53.8 Å². The molecular formula is C28H33N3O9S2. The lowest BCUT2D eigenvalue weighted by atomic mass is 10.0. The Morgan fingerprint density at radius 3 is 2.43 bits per heavy atom. The molecule has 226 valence electrons. The number of nitrogens with zero attached hydrogens (tertiary/aromatic N) is 3. The summed E-state index contributed by atoms with van der Waals surface area (Å²) >= 11 is 0. The van der Waals surface area contributed by atoms with Gasteiger partial charge in [0.2, 0.25) is 0 Å². The second-order valence-electron chi connectivity index (χ2n) is 10.0. The molecule has 2 aromatic rings. The van der Waals surface area contributed by atoms with Crippen LogP contribution in [0, 0.1) is 0 Å². The fraction of sp³-hybridized carbons (Fsp3) is 0.393. The molecule has 2 aliphatic rings. The highest BCUT2D eigenvalue weighted by Crippen LogP contribution is 2.32. The van der Waals surface area contributed by atoms with E-state index in [1.165, 1.54) is 12.1 Å². The van der Waals surface area contributed by atoms with Crippen molar-refractivity contribution in [2.24, 2.45) is 4.99 Å². The zero-order chi connectivity index (χ0) is 30.5. The van der Waals surface area contributed by atoms with Crippen molar-refractivity contribution in [1.82, 2.24) is 4.98 Å². The van der Waals surface area contributed by atoms with Crippen molar-refractivity contribution in [3.63, 3.8) is 0 Å². The van der Waals surface area contributed by atoms with Crippen LogP contribution in [0.5, 0.6) is 0 Å². The van der Waals surface area contributed by atoms with E-state index in [2.05, 4.69) is 4.99 Å². The normalized spacial score (nSPS) is 12.9. The van der Waals surface area contributed by atoms with Crippen LogP contribution in [0.1, 0.15) is 45.4 Å². The summed E-state index contributed by atoms with van der Waals surface area (Å²) in [6, 6.07) is 11.3. The quantitative estimate of drug-likeness (QED) is 0.0787. The number of hydrogen-bond donors (Lipinski definition) is 3. The van der Waals surface area contributed by atoms with Crippen molar-refractivity contribution in [3.05, 3.63) is 47.8 Å². The largest absolute Gasteiger partial charge is 0.481 e. The van der Waals surface area contributed by atoms with Gasteiger partial charge < -0.3 is 14.4 Å². The van der Waals surface area contributed by atoms with E-state index in [0.29, 0.717) is 77.6 Å². The first-order chi connectivity index (χ1) is 19.9. The lowest BCUT2D eigenvalue weighted by Gasteiger charge is -2.24. The van der Waals surface area contributed by atoms with Crippen LogP contribution in [0.2, 0.25) is 0 Å². The van der Waals surface area contributed by atoms with E-state index in [1.807, 2.05) is 24.0 Å². The van der Waals surface area contributed by atoms with Crippen LogP contribution >= 0.6 is 0 Å². The average Bonchev–Trinajstić information content (AvgIpc) is 2.91. The predicted molar refractivity (Wildman–Crippen MR) is 158 cm³/mol. The fourth-order valence-electron chi connectivity index (χ4n) is 4.78. The zero-order valence-electron chi connectivity index (χ0n) is 23.1. The molecule has 0 unspecified atom stereocenters. The van der Waals surface area contributed by atoms with Gasteiger partial charge in [-0.25, -0.2) is 4.98 Å². The number of fused-ring (bicyclic) bond motifs is 4. The van der Waals surface area contributed by atoms with Crippen molar-refractivity contribution < 1.29 is 40.3 Å². The zero-order valence-corrected chi connectivity index (χ0v) is 24.7. The highest BCUT2D eigenvalue weighted by Gasteiger charge is 2.19. The van der Waals surface area contributed by atoms with Crippen LogP contribution in [0.3, 0.4) is 0 Å². The minimum atomic E-state index is -4.47. The molecule has 0 atom stereocenters. The Morgan fingerprint density at radius 1 is 0.952 bits per heavy atom. The maximum atomic E-state index is 11.9. The molecule has 2 aromatic carbocycles.